The van der Waals surface area contributed by atoms with Gasteiger partial charge in [0.2, 0.25) is 6.79 Å². The van der Waals surface area contributed by atoms with Crippen molar-refractivity contribution in [2.75, 3.05) is 13.9 Å². The van der Waals surface area contributed by atoms with Crippen LogP contribution in [-0.4, -0.2) is 19.0 Å². The summed E-state index contributed by atoms with van der Waals surface area (Å²) in [7, 11) is 1.66. The average Bonchev–Trinajstić information content (AvgIpc) is 3.06. The summed E-state index contributed by atoms with van der Waals surface area (Å²) in [6.45, 7) is 1.51. The van der Waals surface area contributed by atoms with Gasteiger partial charge in [-0.1, -0.05) is 24.3 Å². The van der Waals surface area contributed by atoms with Crippen LogP contribution in [0.2, 0.25) is 0 Å². The summed E-state index contributed by atoms with van der Waals surface area (Å²) in [5, 5.41) is 6.95. The van der Waals surface area contributed by atoms with Crippen LogP contribution in [0.3, 0.4) is 0 Å². The van der Waals surface area contributed by atoms with E-state index in [4.69, 9.17) is 26.4 Å². The SMILES string of the molecule is COc1ccccc1CNC(=S)NCc1ccc2c(c1)OCO2. The smallest absolute Gasteiger partial charge is 0.231 e. The molecule has 3 rings (SSSR count). The topological polar surface area (TPSA) is 51.8 Å². The second-order valence-electron chi connectivity index (χ2n) is 5.04. The number of benzene rings is 2. The summed E-state index contributed by atoms with van der Waals surface area (Å²) in [5.74, 6) is 2.40. The Morgan fingerprint density at radius 3 is 2.74 bits per heavy atom. The summed E-state index contributed by atoms with van der Waals surface area (Å²) in [6, 6.07) is 13.7. The third kappa shape index (κ3) is 3.84. The van der Waals surface area contributed by atoms with Gasteiger partial charge >= 0.3 is 0 Å². The highest BCUT2D eigenvalue weighted by molar-refractivity contribution is 7.80. The zero-order valence-electron chi connectivity index (χ0n) is 12.8. The van der Waals surface area contributed by atoms with Crippen molar-refractivity contribution in [3.05, 3.63) is 53.6 Å². The van der Waals surface area contributed by atoms with E-state index in [-0.39, 0.29) is 6.79 Å². The molecule has 2 aromatic carbocycles. The third-order valence-corrected chi connectivity index (χ3v) is 3.81. The van der Waals surface area contributed by atoms with Crippen molar-refractivity contribution in [1.29, 1.82) is 0 Å². The fourth-order valence-corrected chi connectivity index (χ4v) is 2.46. The standard InChI is InChI=1S/C17H18N2O3S/c1-20-14-5-3-2-4-13(14)10-19-17(23)18-9-12-6-7-15-16(8-12)22-11-21-15/h2-8H,9-11H2,1H3,(H2,18,19,23). The molecule has 0 amide bonds. The molecule has 5 nitrogen and oxygen atoms in total. The third-order valence-electron chi connectivity index (χ3n) is 3.52. The molecule has 1 aliphatic heterocycles. The Morgan fingerprint density at radius 2 is 1.87 bits per heavy atom. The van der Waals surface area contributed by atoms with Crippen LogP contribution in [0.1, 0.15) is 11.1 Å². The zero-order valence-corrected chi connectivity index (χ0v) is 13.6. The Hall–Kier alpha value is -2.47. The van der Waals surface area contributed by atoms with E-state index < -0.39 is 0 Å². The number of thiocarbonyl (C=S) groups is 1. The number of hydrogen-bond acceptors (Lipinski definition) is 4. The molecule has 0 fully saturated rings. The van der Waals surface area contributed by atoms with Gasteiger partial charge in [0.1, 0.15) is 5.75 Å². The summed E-state index contributed by atoms with van der Waals surface area (Å²) in [4.78, 5) is 0. The predicted octanol–water partition coefficient (Wildman–Crippen LogP) is 2.59. The van der Waals surface area contributed by atoms with Crippen LogP contribution in [0, 0.1) is 0 Å². The number of ether oxygens (including phenoxy) is 3. The molecule has 6 heteroatoms. The molecule has 0 atom stereocenters. The first-order chi connectivity index (χ1) is 11.3. The van der Waals surface area contributed by atoms with Gasteiger partial charge < -0.3 is 24.8 Å². The fourth-order valence-electron chi connectivity index (χ4n) is 2.32. The summed E-state index contributed by atoms with van der Waals surface area (Å²) < 4.78 is 16.0. The Kier molecular flexibility index (Phi) is 4.83. The van der Waals surface area contributed by atoms with Gasteiger partial charge in [-0.2, -0.15) is 0 Å². The quantitative estimate of drug-likeness (QED) is 0.822. The van der Waals surface area contributed by atoms with Crippen LogP contribution in [-0.2, 0) is 13.1 Å². The molecule has 0 aromatic heterocycles. The molecule has 1 aliphatic rings. The summed E-state index contributed by atoms with van der Waals surface area (Å²) in [5.41, 5.74) is 2.14. The van der Waals surface area contributed by atoms with Gasteiger partial charge in [-0.05, 0) is 36.0 Å². The van der Waals surface area contributed by atoms with Gasteiger partial charge in [0, 0.05) is 18.7 Å². The van der Waals surface area contributed by atoms with Gasteiger partial charge in [0.15, 0.2) is 16.6 Å². The van der Waals surface area contributed by atoms with E-state index in [0.29, 0.717) is 18.2 Å². The van der Waals surface area contributed by atoms with E-state index in [2.05, 4.69) is 10.6 Å². The predicted molar refractivity (Wildman–Crippen MR) is 91.8 cm³/mol. The lowest BCUT2D eigenvalue weighted by Gasteiger charge is -2.13. The lowest BCUT2D eigenvalue weighted by molar-refractivity contribution is 0.174. The van der Waals surface area contributed by atoms with Crippen LogP contribution in [0.5, 0.6) is 17.2 Å². The molecule has 0 saturated heterocycles. The lowest BCUT2D eigenvalue weighted by atomic mass is 10.2. The first kappa shape index (κ1) is 15.4. The molecular weight excluding hydrogens is 312 g/mol. The number of para-hydroxylation sites is 1. The monoisotopic (exact) mass is 330 g/mol. The largest absolute Gasteiger partial charge is 0.496 e. The molecule has 23 heavy (non-hydrogen) atoms. The van der Waals surface area contributed by atoms with Crippen molar-refractivity contribution >= 4 is 17.3 Å². The molecular formula is C17H18N2O3S. The van der Waals surface area contributed by atoms with E-state index in [1.807, 2.05) is 42.5 Å². The van der Waals surface area contributed by atoms with Crippen molar-refractivity contribution in [3.8, 4) is 17.2 Å². The molecule has 0 unspecified atom stereocenters. The molecule has 2 N–H and O–H groups in total. The van der Waals surface area contributed by atoms with Crippen LogP contribution in [0.4, 0.5) is 0 Å². The molecule has 0 bridgehead atoms. The molecule has 0 saturated carbocycles. The summed E-state index contributed by atoms with van der Waals surface area (Å²) >= 11 is 5.31. The molecule has 1 heterocycles. The van der Waals surface area contributed by atoms with Gasteiger partial charge in [0.25, 0.3) is 0 Å². The van der Waals surface area contributed by atoms with Crippen molar-refractivity contribution in [2.45, 2.75) is 13.1 Å². The van der Waals surface area contributed by atoms with E-state index >= 15 is 0 Å². The van der Waals surface area contributed by atoms with Crippen molar-refractivity contribution in [3.63, 3.8) is 0 Å². The highest BCUT2D eigenvalue weighted by Crippen LogP contribution is 2.32. The molecule has 0 spiro atoms. The summed E-state index contributed by atoms with van der Waals surface area (Å²) in [6.07, 6.45) is 0. The number of nitrogens with one attached hydrogen (secondary N) is 2. The van der Waals surface area contributed by atoms with Crippen LogP contribution in [0.25, 0.3) is 0 Å². The second kappa shape index (κ2) is 7.19. The molecule has 0 aliphatic carbocycles. The van der Waals surface area contributed by atoms with E-state index in [1.54, 1.807) is 7.11 Å². The van der Waals surface area contributed by atoms with Gasteiger partial charge in [-0.3, -0.25) is 0 Å². The first-order valence-electron chi connectivity index (χ1n) is 7.28. The van der Waals surface area contributed by atoms with Crippen molar-refractivity contribution in [2.24, 2.45) is 0 Å². The second-order valence-corrected chi connectivity index (χ2v) is 5.44. The maximum Gasteiger partial charge on any atom is 0.231 e. The normalized spacial score (nSPS) is 11.9. The Morgan fingerprint density at radius 1 is 1.09 bits per heavy atom. The van der Waals surface area contributed by atoms with Crippen molar-refractivity contribution < 1.29 is 14.2 Å². The van der Waals surface area contributed by atoms with Crippen molar-refractivity contribution in [1.82, 2.24) is 10.6 Å². The van der Waals surface area contributed by atoms with Crippen LogP contribution in [0.15, 0.2) is 42.5 Å². The molecule has 0 radical (unpaired) electrons. The number of methoxy groups -OCH3 is 1. The Balaban J connectivity index is 1.50. The number of fused-ring (bicyclic) bond motifs is 1. The average molecular weight is 330 g/mol. The van der Waals surface area contributed by atoms with Crippen LogP contribution < -0.4 is 24.8 Å². The minimum atomic E-state index is 0.283. The van der Waals surface area contributed by atoms with E-state index in [0.717, 1.165) is 28.4 Å². The number of rotatable bonds is 5. The Bertz CT molecular complexity index is 706. The van der Waals surface area contributed by atoms with Crippen LogP contribution >= 0.6 is 12.2 Å². The van der Waals surface area contributed by atoms with Gasteiger partial charge in [-0.25, -0.2) is 0 Å². The van der Waals surface area contributed by atoms with E-state index in [1.165, 1.54) is 0 Å². The lowest BCUT2D eigenvalue weighted by Crippen LogP contribution is -2.34. The first-order valence-corrected chi connectivity index (χ1v) is 7.69. The number of hydrogen-bond donors (Lipinski definition) is 2. The highest BCUT2D eigenvalue weighted by atomic mass is 32.1. The minimum Gasteiger partial charge on any atom is -0.496 e. The van der Waals surface area contributed by atoms with E-state index in [9.17, 15) is 0 Å². The Labute approximate surface area is 140 Å². The van der Waals surface area contributed by atoms with Gasteiger partial charge in [-0.15, -0.1) is 0 Å². The zero-order chi connectivity index (χ0) is 16.1. The maximum absolute atomic E-state index is 5.36. The fraction of sp³-hybridized carbons (Fsp3) is 0.235. The maximum atomic E-state index is 5.36. The molecule has 2 aromatic rings. The van der Waals surface area contributed by atoms with Gasteiger partial charge in [0.05, 0.1) is 7.11 Å². The highest BCUT2D eigenvalue weighted by Gasteiger charge is 2.13. The molecule has 120 valence electrons. The minimum absolute atomic E-state index is 0.283.